The van der Waals surface area contributed by atoms with Crippen molar-refractivity contribution < 1.29 is 4.74 Å². The number of likely N-dealkylation sites (tertiary alicyclic amines) is 1. The van der Waals surface area contributed by atoms with Crippen LogP contribution in [0.1, 0.15) is 25.8 Å². The molecule has 1 aromatic rings. The highest BCUT2D eigenvalue weighted by Crippen LogP contribution is 2.24. The van der Waals surface area contributed by atoms with Crippen molar-refractivity contribution in [3.8, 4) is 0 Å². The summed E-state index contributed by atoms with van der Waals surface area (Å²) >= 11 is 3.52. The SMILES string of the molecule is CN=C(NCC(C)(C)c1ccc(Br)cc1)N1CCC(N2CCOCC2)C1.I. The second-order valence-electron chi connectivity index (χ2n) is 7.83. The molecule has 1 aromatic carbocycles. The van der Waals surface area contributed by atoms with Crippen LogP contribution >= 0.6 is 39.9 Å². The highest BCUT2D eigenvalue weighted by atomic mass is 127. The van der Waals surface area contributed by atoms with Gasteiger partial charge in [0.2, 0.25) is 0 Å². The molecule has 2 heterocycles. The normalized spacial score (nSPS) is 21.9. The Kier molecular flexibility index (Phi) is 8.83. The second-order valence-corrected chi connectivity index (χ2v) is 8.74. The Morgan fingerprint density at radius 1 is 1.22 bits per heavy atom. The largest absolute Gasteiger partial charge is 0.379 e. The molecule has 0 saturated carbocycles. The molecule has 0 bridgehead atoms. The van der Waals surface area contributed by atoms with Gasteiger partial charge in [0.15, 0.2) is 5.96 Å². The van der Waals surface area contributed by atoms with Crippen LogP contribution in [0.25, 0.3) is 0 Å². The first-order valence-electron chi connectivity index (χ1n) is 9.53. The lowest BCUT2D eigenvalue weighted by molar-refractivity contribution is 0.0195. The molecule has 1 unspecified atom stereocenters. The highest BCUT2D eigenvalue weighted by Gasteiger charge is 2.31. The number of rotatable bonds is 4. The minimum Gasteiger partial charge on any atom is -0.379 e. The van der Waals surface area contributed by atoms with Gasteiger partial charge in [0.25, 0.3) is 0 Å². The zero-order valence-electron chi connectivity index (χ0n) is 16.6. The molecule has 0 amide bonds. The van der Waals surface area contributed by atoms with Gasteiger partial charge in [0, 0.05) is 55.7 Å². The number of hydrogen-bond donors (Lipinski definition) is 1. The van der Waals surface area contributed by atoms with E-state index in [0.717, 1.165) is 56.4 Å². The lowest BCUT2D eigenvalue weighted by Crippen LogP contribution is -2.48. The second kappa shape index (κ2) is 10.4. The molecule has 2 aliphatic rings. The zero-order chi connectivity index (χ0) is 18.6. The summed E-state index contributed by atoms with van der Waals surface area (Å²) in [5, 5.41) is 3.61. The third-order valence-corrected chi connectivity index (χ3v) is 6.08. The number of benzene rings is 1. The Balaban J connectivity index is 0.00000261. The van der Waals surface area contributed by atoms with E-state index in [-0.39, 0.29) is 29.4 Å². The molecule has 1 N–H and O–H groups in total. The maximum atomic E-state index is 5.49. The van der Waals surface area contributed by atoms with Gasteiger partial charge in [0.1, 0.15) is 0 Å². The monoisotopic (exact) mass is 550 g/mol. The standard InChI is InChI=1S/C20H31BrN4O.HI/c1-20(2,16-4-6-17(21)7-5-16)15-23-19(22-3)25-9-8-18(14-25)24-10-12-26-13-11-24;/h4-7,18H,8-15H2,1-3H3,(H,22,23);1H. The molecule has 2 aliphatic heterocycles. The summed E-state index contributed by atoms with van der Waals surface area (Å²) in [6.45, 7) is 11.4. The Morgan fingerprint density at radius 3 is 2.52 bits per heavy atom. The summed E-state index contributed by atoms with van der Waals surface area (Å²) < 4.78 is 6.60. The van der Waals surface area contributed by atoms with Crippen LogP contribution in [0.15, 0.2) is 33.7 Å². The first-order valence-corrected chi connectivity index (χ1v) is 10.3. The molecular weight excluding hydrogens is 519 g/mol. The van der Waals surface area contributed by atoms with Crippen LogP contribution in [0.2, 0.25) is 0 Å². The van der Waals surface area contributed by atoms with Crippen LogP contribution in [0.3, 0.4) is 0 Å². The van der Waals surface area contributed by atoms with E-state index in [9.17, 15) is 0 Å². The van der Waals surface area contributed by atoms with Gasteiger partial charge in [-0.2, -0.15) is 0 Å². The van der Waals surface area contributed by atoms with Crippen molar-refractivity contribution in [1.82, 2.24) is 15.1 Å². The average molecular weight is 551 g/mol. The first kappa shape index (κ1) is 22.9. The van der Waals surface area contributed by atoms with Gasteiger partial charge in [-0.1, -0.05) is 41.9 Å². The Hall–Kier alpha value is -0.380. The van der Waals surface area contributed by atoms with Crippen LogP contribution in [0, 0.1) is 0 Å². The van der Waals surface area contributed by atoms with Gasteiger partial charge in [-0.25, -0.2) is 0 Å². The summed E-state index contributed by atoms with van der Waals surface area (Å²) in [5.74, 6) is 1.02. The number of halogens is 2. The zero-order valence-corrected chi connectivity index (χ0v) is 20.5. The molecule has 27 heavy (non-hydrogen) atoms. The molecule has 3 rings (SSSR count). The first-order chi connectivity index (χ1) is 12.5. The number of morpholine rings is 1. The van der Waals surface area contributed by atoms with Crippen molar-refractivity contribution in [3.63, 3.8) is 0 Å². The molecule has 152 valence electrons. The Bertz CT molecular complexity index is 617. The van der Waals surface area contributed by atoms with Gasteiger partial charge in [-0.15, -0.1) is 24.0 Å². The summed E-state index contributed by atoms with van der Waals surface area (Å²) in [6, 6.07) is 9.23. The average Bonchev–Trinajstić information content (AvgIpc) is 3.13. The van der Waals surface area contributed by atoms with E-state index in [4.69, 9.17) is 4.74 Å². The summed E-state index contributed by atoms with van der Waals surface area (Å²) in [6.07, 6.45) is 1.21. The van der Waals surface area contributed by atoms with E-state index in [0.29, 0.717) is 6.04 Å². The molecule has 7 heteroatoms. The number of ether oxygens (including phenoxy) is 1. The van der Waals surface area contributed by atoms with Crippen molar-refractivity contribution in [2.75, 3.05) is 53.0 Å². The predicted octanol–water partition coefficient (Wildman–Crippen LogP) is 3.33. The molecule has 0 spiro atoms. The van der Waals surface area contributed by atoms with Gasteiger partial charge in [-0.3, -0.25) is 9.89 Å². The third kappa shape index (κ3) is 6.05. The fourth-order valence-corrected chi connectivity index (χ4v) is 4.07. The number of aliphatic imine (C=N–C) groups is 1. The van der Waals surface area contributed by atoms with E-state index in [2.05, 4.69) is 74.2 Å². The minimum absolute atomic E-state index is 0. The minimum atomic E-state index is 0. The number of nitrogens with one attached hydrogen (secondary N) is 1. The maximum absolute atomic E-state index is 5.49. The molecule has 1 atom stereocenters. The third-order valence-electron chi connectivity index (χ3n) is 5.55. The molecule has 0 radical (unpaired) electrons. The number of nitrogens with zero attached hydrogens (tertiary/aromatic N) is 3. The van der Waals surface area contributed by atoms with Gasteiger partial charge >= 0.3 is 0 Å². The van der Waals surface area contributed by atoms with Crippen molar-refractivity contribution in [2.45, 2.75) is 31.7 Å². The lowest BCUT2D eigenvalue weighted by Gasteiger charge is -2.33. The van der Waals surface area contributed by atoms with Crippen LogP contribution in [0.5, 0.6) is 0 Å². The van der Waals surface area contributed by atoms with Crippen LogP contribution < -0.4 is 5.32 Å². The predicted molar refractivity (Wildman–Crippen MR) is 126 cm³/mol. The summed E-state index contributed by atoms with van der Waals surface area (Å²) in [5.41, 5.74) is 1.37. The van der Waals surface area contributed by atoms with Gasteiger partial charge in [-0.05, 0) is 24.1 Å². The molecule has 0 aromatic heterocycles. The molecule has 0 aliphatic carbocycles. The number of guanidine groups is 1. The van der Waals surface area contributed by atoms with Crippen molar-refractivity contribution in [2.24, 2.45) is 4.99 Å². The van der Waals surface area contributed by atoms with E-state index >= 15 is 0 Å². The van der Waals surface area contributed by atoms with Gasteiger partial charge in [0.05, 0.1) is 13.2 Å². The topological polar surface area (TPSA) is 40.1 Å². The summed E-state index contributed by atoms with van der Waals surface area (Å²) in [4.78, 5) is 9.51. The van der Waals surface area contributed by atoms with Crippen LogP contribution in [-0.4, -0.2) is 74.8 Å². The fraction of sp³-hybridized carbons (Fsp3) is 0.650. The smallest absolute Gasteiger partial charge is 0.193 e. The molecular formula is C20H32BrIN4O. The van der Waals surface area contributed by atoms with Crippen molar-refractivity contribution in [1.29, 1.82) is 0 Å². The van der Waals surface area contributed by atoms with Crippen LogP contribution in [-0.2, 0) is 10.2 Å². The fourth-order valence-electron chi connectivity index (χ4n) is 3.81. The van der Waals surface area contributed by atoms with E-state index < -0.39 is 0 Å². The lowest BCUT2D eigenvalue weighted by atomic mass is 9.85. The van der Waals surface area contributed by atoms with E-state index in [1.54, 1.807) is 0 Å². The summed E-state index contributed by atoms with van der Waals surface area (Å²) in [7, 11) is 1.89. The maximum Gasteiger partial charge on any atom is 0.193 e. The Morgan fingerprint density at radius 2 is 1.89 bits per heavy atom. The number of hydrogen-bond acceptors (Lipinski definition) is 3. The van der Waals surface area contributed by atoms with E-state index in [1.807, 2.05) is 7.05 Å². The van der Waals surface area contributed by atoms with E-state index in [1.165, 1.54) is 12.0 Å². The van der Waals surface area contributed by atoms with Crippen molar-refractivity contribution in [3.05, 3.63) is 34.3 Å². The Labute approximate surface area is 189 Å². The highest BCUT2D eigenvalue weighted by molar-refractivity contribution is 14.0. The van der Waals surface area contributed by atoms with Gasteiger partial charge < -0.3 is 15.0 Å². The van der Waals surface area contributed by atoms with Crippen molar-refractivity contribution >= 4 is 45.9 Å². The molecule has 2 saturated heterocycles. The molecule has 5 nitrogen and oxygen atoms in total. The molecule has 2 fully saturated rings. The quantitative estimate of drug-likeness (QED) is 0.355. The van der Waals surface area contributed by atoms with Crippen LogP contribution in [0.4, 0.5) is 0 Å².